The van der Waals surface area contributed by atoms with Crippen molar-refractivity contribution in [2.75, 3.05) is 7.11 Å². The standard InChI is InChI=1S/C18H26O3/c1-17-9-4-10-18(2,16(19)20)15(17)8-6-12-5-7-13(21-3)11-14(12)17/h5,7,13,15H,4,6,8-11H2,1-3H3,(H,19,20)/t13?,15-,17-,18+/m1/s1. The van der Waals surface area contributed by atoms with Crippen molar-refractivity contribution in [3.63, 3.8) is 0 Å². The SMILES string of the molecule is COC1C=CC2=C(C1)[C@@]1(C)CCC[C@](C)(C(=O)O)[C@@H]1CC2. The van der Waals surface area contributed by atoms with Gasteiger partial charge in [0.25, 0.3) is 0 Å². The Balaban J connectivity index is 2.02. The third-order valence-corrected chi connectivity index (χ3v) is 6.42. The molecule has 1 fully saturated rings. The van der Waals surface area contributed by atoms with Gasteiger partial charge in [-0.1, -0.05) is 31.1 Å². The number of carboxylic acid groups (broad SMARTS) is 1. The fraction of sp³-hybridized carbons (Fsp3) is 0.722. The molecule has 1 N–H and O–H groups in total. The summed E-state index contributed by atoms with van der Waals surface area (Å²) in [7, 11) is 1.76. The van der Waals surface area contributed by atoms with Crippen molar-refractivity contribution in [2.45, 2.75) is 58.5 Å². The molecule has 0 spiro atoms. The highest BCUT2D eigenvalue weighted by molar-refractivity contribution is 5.75. The van der Waals surface area contributed by atoms with Crippen LogP contribution in [0.5, 0.6) is 0 Å². The molecule has 4 atom stereocenters. The van der Waals surface area contributed by atoms with Crippen LogP contribution in [0.15, 0.2) is 23.3 Å². The van der Waals surface area contributed by atoms with Crippen molar-refractivity contribution in [1.29, 1.82) is 0 Å². The van der Waals surface area contributed by atoms with Crippen LogP contribution in [-0.4, -0.2) is 24.3 Å². The fourth-order valence-electron chi connectivity index (χ4n) is 5.15. The third kappa shape index (κ3) is 2.09. The highest BCUT2D eigenvalue weighted by Gasteiger charge is 2.55. The Morgan fingerprint density at radius 3 is 2.81 bits per heavy atom. The second-order valence-corrected chi connectivity index (χ2v) is 7.43. The van der Waals surface area contributed by atoms with Crippen molar-refractivity contribution >= 4 is 5.97 Å². The second-order valence-electron chi connectivity index (χ2n) is 7.43. The van der Waals surface area contributed by atoms with Crippen LogP contribution >= 0.6 is 0 Å². The maximum absolute atomic E-state index is 11.9. The number of hydrogen-bond acceptors (Lipinski definition) is 2. The maximum Gasteiger partial charge on any atom is 0.309 e. The minimum Gasteiger partial charge on any atom is -0.481 e. The zero-order valence-electron chi connectivity index (χ0n) is 13.3. The van der Waals surface area contributed by atoms with Gasteiger partial charge >= 0.3 is 5.97 Å². The Kier molecular flexibility index (Phi) is 3.52. The van der Waals surface area contributed by atoms with E-state index in [1.165, 1.54) is 11.1 Å². The van der Waals surface area contributed by atoms with Crippen LogP contribution in [0, 0.1) is 16.7 Å². The van der Waals surface area contributed by atoms with E-state index < -0.39 is 11.4 Å². The number of ether oxygens (including phenoxy) is 1. The summed E-state index contributed by atoms with van der Waals surface area (Å²) in [4.78, 5) is 11.9. The van der Waals surface area contributed by atoms with E-state index in [1.54, 1.807) is 7.11 Å². The first-order chi connectivity index (χ1) is 9.91. The molecule has 1 unspecified atom stereocenters. The summed E-state index contributed by atoms with van der Waals surface area (Å²) in [6.45, 7) is 4.27. The van der Waals surface area contributed by atoms with Gasteiger partial charge in [0, 0.05) is 7.11 Å². The molecule has 3 nitrogen and oxygen atoms in total. The zero-order chi connectivity index (χ0) is 15.3. The molecular formula is C18H26O3. The molecule has 0 amide bonds. The summed E-state index contributed by atoms with van der Waals surface area (Å²) < 4.78 is 5.53. The van der Waals surface area contributed by atoms with Crippen LogP contribution in [-0.2, 0) is 9.53 Å². The van der Waals surface area contributed by atoms with Crippen LogP contribution in [0.1, 0.15) is 52.4 Å². The average Bonchev–Trinajstić information content (AvgIpc) is 2.46. The van der Waals surface area contributed by atoms with Gasteiger partial charge in [0.1, 0.15) is 0 Å². The van der Waals surface area contributed by atoms with E-state index in [0.29, 0.717) is 0 Å². The summed E-state index contributed by atoms with van der Waals surface area (Å²) in [5, 5.41) is 9.79. The van der Waals surface area contributed by atoms with Crippen molar-refractivity contribution in [3.05, 3.63) is 23.3 Å². The molecule has 3 aliphatic rings. The largest absolute Gasteiger partial charge is 0.481 e. The van der Waals surface area contributed by atoms with Gasteiger partial charge in [-0.05, 0) is 55.9 Å². The smallest absolute Gasteiger partial charge is 0.309 e. The Bertz CT molecular complexity index is 519. The van der Waals surface area contributed by atoms with E-state index in [9.17, 15) is 9.90 Å². The minimum absolute atomic E-state index is 0.0283. The van der Waals surface area contributed by atoms with Gasteiger partial charge in [-0.3, -0.25) is 4.79 Å². The molecule has 0 aromatic carbocycles. The van der Waals surface area contributed by atoms with Gasteiger partial charge in [-0.2, -0.15) is 0 Å². The Morgan fingerprint density at radius 2 is 2.14 bits per heavy atom. The van der Waals surface area contributed by atoms with Crippen LogP contribution < -0.4 is 0 Å². The monoisotopic (exact) mass is 290 g/mol. The predicted octanol–water partition coefficient (Wildman–Crippen LogP) is 3.95. The number of allylic oxidation sites excluding steroid dienone is 2. The van der Waals surface area contributed by atoms with Gasteiger partial charge in [0.15, 0.2) is 0 Å². The lowest BCUT2D eigenvalue weighted by Crippen LogP contribution is -2.51. The van der Waals surface area contributed by atoms with Gasteiger partial charge in [0.2, 0.25) is 0 Å². The number of carboxylic acids is 1. The molecule has 0 aromatic rings. The highest BCUT2D eigenvalue weighted by atomic mass is 16.5. The molecule has 0 heterocycles. The normalized spacial score (nSPS) is 42.4. The lowest BCUT2D eigenvalue weighted by Gasteiger charge is -2.55. The molecule has 3 rings (SSSR count). The Hall–Kier alpha value is -1.09. The van der Waals surface area contributed by atoms with Crippen LogP contribution in [0.4, 0.5) is 0 Å². The summed E-state index contributed by atoms with van der Waals surface area (Å²) in [6, 6.07) is 0. The van der Waals surface area contributed by atoms with E-state index in [2.05, 4.69) is 19.1 Å². The van der Waals surface area contributed by atoms with Crippen LogP contribution in [0.2, 0.25) is 0 Å². The highest BCUT2D eigenvalue weighted by Crippen LogP contribution is 2.61. The molecule has 0 aliphatic heterocycles. The van der Waals surface area contributed by atoms with Crippen LogP contribution in [0.25, 0.3) is 0 Å². The third-order valence-electron chi connectivity index (χ3n) is 6.42. The first-order valence-corrected chi connectivity index (χ1v) is 8.09. The molecule has 1 saturated carbocycles. The van der Waals surface area contributed by atoms with E-state index in [-0.39, 0.29) is 17.4 Å². The van der Waals surface area contributed by atoms with Gasteiger partial charge in [-0.15, -0.1) is 0 Å². The molecule has 3 heteroatoms. The first kappa shape index (κ1) is 14.8. The lowest BCUT2D eigenvalue weighted by atomic mass is 9.49. The average molecular weight is 290 g/mol. The fourth-order valence-corrected chi connectivity index (χ4v) is 5.15. The van der Waals surface area contributed by atoms with E-state index >= 15 is 0 Å². The quantitative estimate of drug-likeness (QED) is 0.837. The van der Waals surface area contributed by atoms with Crippen molar-refractivity contribution in [2.24, 2.45) is 16.7 Å². The van der Waals surface area contributed by atoms with Gasteiger partial charge in [0.05, 0.1) is 11.5 Å². The van der Waals surface area contributed by atoms with E-state index in [4.69, 9.17) is 4.74 Å². The number of rotatable bonds is 2. The molecule has 0 bridgehead atoms. The Labute approximate surface area is 127 Å². The summed E-state index contributed by atoms with van der Waals surface area (Å²) in [5.74, 6) is -0.365. The van der Waals surface area contributed by atoms with Crippen molar-refractivity contribution in [1.82, 2.24) is 0 Å². The second kappa shape index (κ2) is 4.98. The van der Waals surface area contributed by atoms with Crippen molar-refractivity contribution < 1.29 is 14.6 Å². The van der Waals surface area contributed by atoms with E-state index in [0.717, 1.165) is 38.5 Å². The number of aliphatic carboxylic acids is 1. The summed E-state index contributed by atoms with van der Waals surface area (Å²) >= 11 is 0. The summed E-state index contributed by atoms with van der Waals surface area (Å²) in [5.41, 5.74) is 2.37. The summed E-state index contributed by atoms with van der Waals surface area (Å²) in [6.07, 6.45) is 10.4. The van der Waals surface area contributed by atoms with E-state index in [1.807, 2.05) is 6.92 Å². The minimum atomic E-state index is -0.614. The molecule has 21 heavy (non-hydrogen) atoms. The topological polar surface area (TPSA) is 46.5 Å². The molecule has 3 aliphatic carbocycles. The van der Waals surface area contributed by atoms with Gasteiger partial charge < -0.3 is 9.84 Å². The van der Waals surface area contributed by atoms with Crippen molar-refractivity contribution in [3.8, 4) is 0 Å². The van der Waals surface area contributed by atoms with Gasteiger partial charge in [-0.25, -0.2) is 0 Å². The Morgan fingerprint density at radius 1 is 1.38 bits per heavy atom. The first-order valence-electron chi connectivity index (χ1n) is 8.09. The number of hydrogen-bond donors (Lipinski definition) is 1. The predicted molar refractivity (Wildman–Crippen MR) is 82.0 cm³/mol. The molecule has 0 radical (unpaired) electrons. The number of methoxy groups -OCH3 is 1. The molecule has 0 saturated heterocycles. The zero-order valence-corrected chi connectivity index (χ0v) is 13.3. The molecular weight excluding hydrogens is 264 g/mol. The van der Waals surface area contributed by atoms with Crippen LogP contribution in [0.3, 0.4) is 0 Å². The molecule has 116 valence electrons. The number of carbonyl (C=O) groups is 1. The maximum atomic E-state index is 11.9. The number of fused-ring (bicyclic) bond motifs is 2. The lowest BCUT2D eigenvalue weighted by molar-refractivity contribution is -0.159. The molecule has 0 aromatic heterocycles.